The van der Waals surface area contributed by atoms with E-state index in [0.717, 1.165) is 16.8 Å². The molecule has 0 unspecified atom stereocenters. The standard InChI is InChI=1S/C29H24N8O/c1-17-16-19(13-15-31-17)21-10-6-11-22-24(21)28(38)37(20-8-4-3-5-9-20)27(34-22)18(2)33-26-25-23(12-7-14-32-25)35-29(30)36-26/h3-16,18H,1-2H3,(H3,30,33,35,36)/t18-/m0/s1. The number of anilines is 2. The van der Waals surface area contributed by atoms with Crippen LogP contribution in [0, 0.1) is 6.92 Å². The summed E-state index contributed by atoms with van der Waals surface area (Å²) in [6.45, 7) is 3.86. The SMILES string of the molecule is Cc1cc(-c2cccc3nc([C@H](C)Nc4nc(N)nc5cccnc45)n(-c4ccccc4)c(=O)c23)ccn1. The van der Waals surface area contributed by atoms with Crippen LogP contribution in [0.2, 0.25) is 0 Å². The van der Waals surface area contributed by atoms with Crippen LogP contribution in [0.15, 0.2) is 90.0 Å². The third-order valence-corrected chi connectivity index (χ3v) is 6.36. The summed E-state index contributed by atoms with van der Waals surface area (Å²) in [5, 5.41) is 3.91. The van der Waals surface area contributed by atoms with Crippen molar-refractivity contribution >= 4 is 33.7 Å². The summed E-state index contributed by atoms with van der Waals surface area (Å²) in [6, 6.07) is 22.3. The first-order valence-corrected chi connectivity index (χ1v) is 12.2. The summed E-state index contributed by atoms with van der Waals surface area (Å²) >= 11 is 0. The smallest absolute Gasteiger partial charge is 0.266 e. The Balaban J connectivity index is 1.57. The number of fused-ring (bicyclic) bond motifs is 2. The molecule has 4 heterocycles. The van der Waals surface area contributed by atoms with Crippen LogP contribution in [-0.4, -0.2) is 29.5 Å². The minimum atomic E-state index is -0.432. The Morgan fingerprint density at radius 1 is 0.868 bits per heavy atom. The van der Waals surface area contributed by atoms with Crippen LogP contribution in [-0.2, 0) is 0 Å². The Morgan fingerprint density at radius 2 is 1.68 bits per heavy atom. The van der Waals surface area contributed by atoms with Crippen LogP contribution in [0.1, 0.15) is 24.5 Å². The number of nitrogens with zero attached hydrogens (tertiary/aromatic N) is 6. The van der Waals surface area contributed by atoms with Crippen molar-refractivity contribution in [3.63, 3.8) is 0 Å². The highest BCUT2D eigenvalue weighted by atomic mass is 16.1. The molecule has 2 aromatic carbocycles. The van der Waals surface area contributed by atoms with E-state index in [2.05, 4.69) is 25.3 Å². The molecule has 6 rings (SSSR count). The van der Waals surface area contributed by atoms with Gasteiger partial charge in [-0.15, -0.1) is 0 Å². The summed E-state index contributed by atoms with van der Waals surface area (Å²) in [5.41, 5.74) is 10.9. The number of nitrogen functional groups attached to an aromatic ring is 1. The van der Waals surface area contributed by atoms with Crippen LogP contribution in [0.3, 0.4) is 0 Å². The van der Waals surface area contributed by atoms with Gasteiger partial charge in [0.15, 0.2) is 5.82 Å². The lowest BCUT2D eigenvalue weighted by Gasteiger charge is -2.21. The largest absolute Gasteiger partial charge is 0.368 e. The summed E-state index contributed by atoms with van der Waals surface area (Å²) in [5.74, 6) is 1.12. The fourth-order valence-electron chi connectivity index (χ4n) is 4.67. The Morgan fingerprint density at radius 3 is 2.50 bits per heavy atom. The van der Waals surface area contributed by atoms with E-state index in [1.807, 2.05) is 80.6 Å². The number of aryl methyl sites for hydroxylation is 1. The van der Waals surface area contributed by atoms with E-state index in [0.29, 0.717) is 39.3 Å². The lowest BCUT2D eigenvalue weighted by atomic mass is 10.0. The number of pyridine rings is 2. The molecule has 0 aliphatic heterocycles. The van der Waals surface area contributed by atoms with Crippen molar-refractivity contribution < 1.29 is 0 Å². The van der Waals surface area contributed by atoms with Gasteiger partial charge in [0.1, 0.15) is 11.3 Å². The number of rotatable bonds is 5. The molecule has 9 nitrogen and oxygen atoms in total. The zero-order valence-corrected chi connectivity index (χ0v) is 20.8. The molecule has 1 atom stereocenters. The number of benzene rings is 2. The molecule has 0 aliphatic rings. The number of hydrogen-bond donors (Lipinski definition) is 2. The van der Waals surface area contributed by atoms with Crippen molar-refractivity contribution in [3.8, 4) is 16.8 Å². The molecule has 9 heteroatoms. The fourth-order valence-corrected chi connectivity index (χ4v) is 4.67. The van der Waals surface area contributed by atoms with Crippen LogP contribution >= 0.6 is 0 Å². The van der Waals surface area contributed by atoms with Crippen LogP contribution in [0.25, 0.3) is 38.8 Å². The number of hydrogen-bond acceptors (Lipinski definition) is 8. The van der Waals surface area contributed by atoms with Gasteiger partial charge in [-0.05, 0) is 67.4 Å². The van der Waals surface area contributed by atoms with Crippen molar-refractivity contribution in [2.75, 3.05) is 11.1 Å². The van der Waals surface area contributed by atoms with E-state index in [9.17, 15) is 4.79 Å². The molecule has 0 radical (unpaired) electrons. The normalized spacial score (nSPS) is 12.1. The number of nitrogens with one attached hydrogen (secondary N) is 1. The number of para-hydroxylation sites is 1. The molecule has 0 fully saturated rings. The van der Waals surface area contributed by atoms with E-state index in [-0.39, 0.29) is 11.5 Å². The van der Waals surface area contributed by atoms with Gasteiger partial charge in [0, 0.05) is 18.1 Å². The van der Waals surface area contributed by atoms with Crippen LogP contribution in [0.5, 0.6) is 0 Å². The lowest BCUT2D eigenvalue weighted by Crippen LogP contribution is -2.28. The summed E-state index contributed by atoms with van der Waals surface area (Å²) in [7, 11) is 0. The van der Waals surface area contributed by atoms with Gasteiger partial charge in [-0.25, -0.2) is 9.97 Å². The molecule has 0 aliphatic carbocycles. The van der Waals surface area contributed by atoms with E-state index >= 15 is 0 Å². The predicted molar refractivity (Wildman–Crippen MR) is 149 cm³/mol. The Hall–Kier alpha value is -5.18. The molecule has 4 aromatic heterocycles. The Kier molecular flexibility index (Phi) is 5.72. The molecule has 0 spiro atoms. The zero-order valence-electron chi connectivity index (χ0n) is 20.8. The van der Waals surface area contributed by atoms with Crippen molar-refractivity contribution in [1.29, 1.82) is 0 Å². The molecular formula is C29H24N8O. The Labute approximate surface area is 218 Å². The van der Waals surface area contributed by atoms with Crippen LogP contribution < -0.4 is 16.6 Å². The highest BCUT2D eigenvalue weighted by Crippen LogP contribution is 2.29. The Bertz CT molecular complexity index is 1870. The lowest BCUT2D eigenvalue weighted by molar-refractivity contribution is 0.732. The maximum absolute atomic E-state index is 14.3. The predicted octanol–water partition coefficient (Wildman–Crippen LogP) is 4.85. The van der Waals surface area contributed by atoms with E-state index in [1.165, 1.54) is 0 Å². The molecular weight excluding hydrogens is 476 g/mol. The van der Waals surface area contributed by atoms with Crippen molar-refractivity contribution in [3.05, 3.63) is 107 Å². The molecule has 38 heavy (non-hydrogen) atoms. The van der Waals surface area contributed by atoms with Gasteiger partial charge in [-0.3, -0.25) is 19.3 Å². The summed E-state index contributed by atoms with van der Waals surface area (Å²) in [6.07, 6.45) is 3.42. The van der Waals surface area contributed by atoms with Gasteiger partial charge >= 0.3 is 0 Å². The first-order chi connectivity index (χ1) is 18.5. The maximum Gasteiger partial charge on any atom is 0.266 e. The van der Waals surface area contributed by atoms with E-state index in [4.69, 9.17) is 10.7 Å². The highest BCUT2D eigenvalue weighted by Gasteiger charge is 2.21. The first-order valence-electron chi connectivity index (χ1n) is 12.2. The molecule has 0 bridgehead atoms. The molecule has 0 saturated heterocycles. The first kappa shape index (κ1) is 23.2. The van der Waals surface area contributed by atoms with Gasteiger partial charge in [0.05, 0.1) is 28.1 Å². The molecule has 0 amide bonds. The van der Waals surface area contributed by atoms with Gasteiger partial charge in [0.25, 0.3) is 5.56 Å². The topological polar surface area (TPSA) is 124 Å². The van der Waals surface area contributed by atoms with Crippen LogP contribution in [0.4, 0.5) is 11.8 Å². The molecule has 3 N–H and O–H groups in total. The van der Waals surface area contributed by atoms with Gasteiger partial charge in [-0.1, -0.05) is 30.3 Å². The second-order valence-corrected chi connectivity index (χ2v) is 9.00. The second kappa shape index (κ2) is 9.36. The van der Waals surface area contributed by atoms with Gasteiger partial charge in [-0.2, -0.15) is 4.98 Å². The monoisotopic (exact) mass is 500 g/mol. The molecule has 0 saturated carbocycles. The van der Waals surface area contributed by atoms with Crippen molar-refractivity contribution in [1.82, 2.24) is 29.5 Å². The summed E-state index contributed by atoms with van der Waals surface area (Å²) in [4.78, 5) is 36.7. The number of nitrogens with two attached hydrogens (primary N) is 1. The molecule has 186 valence electrons. The fraction of sp³-hybridized carbons (Fsp3) is 0.103. The minimum absolute atomic E-state index is 0.129. The third kappa shape index (κ3) is 4.09. The van der Waals surface area contributed by atoms with Crippen molar-refractivity contribution in [2.45, 2.75) is 19.9 Å². The quantitative estimate of drug-likeness (QED) is 0.344. The summed E-state index contributed by atoms with van der Waals surface area (Å²) < 4.78 is 1.65. The minimum Gasteiger partial charge on any atom is -0.368 e. The number of aromatic nitrogens is 6. The zero-order chi connectivity index (χ0) is 26.2. The average molecular weight is 501 g/mol. The van der Waals surface area contributed by atoms with Gasteiger partial charge < -0.3 is 11.1 Å². The van der Waals surface area contributed by atoms with Gasteiger partial charge in [0.2, 0.25) is 5.95 Å². The highest BCUT2D eigenvalue weighted by molar-refractivity contribution is 5.94. The second-order valence-electron chi connectivity index (χ2n) is 9.00. The average Bonchev–Trinajstić information content (AvgIpc) is 2.93. The van der Waals surface area contributed by atoms with E-state index in [1.54, 1.807) is 23.0 Å². The van der Waals surface area contributed by atoms with Crippen molar-refractivity contribution in [2.24, 2.45) is 0 Å². The third-order valence-electron chi connectivity index (χ3n) is 6.36. The van der Waals surface area contributed by atoms with E-state index < -0.39 is 6.04 Å². The molecule has 6 aromatic rings. The maximum atomic E-state index is 14.3.